The molecule has 0 aliphatic rings. The molecule has 0 saturated carbocycles. The van der Waals surface area contributed by atoms with E-state index in [4.69, 9.17) is 5.41 Å². The van der Waals surface area contributed by atoms with Gasteiger partial charge in [-0.3, -0.25) is 4.98 Å². The van der Waals surface area contributed by atoms with Crippen LogP contribution in [0.2, 0.25) is 0 Å². The first-order valence-corrected chi connectivity index (χ1v) is 3.32. The summed E-state index contributed by atoms with van der Waals surface area (Å²) in [6.07, 6.45) is 4.20. The van der Waals surface area contributed by atoms with E-state index in [1.807, 2.05) is 19.1 Å². The fourth-order valence-corrected chi connectivity index (χ4v) is 0.757. The summed E-state index contributed by atoms with van der Waals surface area (Å²) in [6, 6.07) is 3.71. The van der Waals surface area contributed by atoms with Crippen LogP contribution in [0.4, 0.5) is 0 Å². The average molecular weight is 134 g/mol. The average Bonchev–Trinajstić information content (AvgIpc) is 2.05. The van der Waals surface area contributed by atoms with Gasteiger partial charge in [0.05, 0.1) is 0 Å². The summed E-state index contributed by atoms with van der Waals surface area (Å²) >= 11 is 0. The summed E-state index contributed by atoms with van der Waals surface area (Å²) in [6.45, 7) is 1.97. The maximum atomic E-state index is 7.45. The molecule has 0 fully saturated rings. The predicted octanol–water partition coefficient (Wildman–Crippen LogP) is 1.86. The molecule has 10 heavy (non-hydrogen) atoms. The lowest BCUT2D eigenvalue weighted by molar-refractivity contribution is 1.23. The van der Waals surface area contributed by atoms with Crippen molar-refractivity contribution in [2.24, 2.45) is 0 Å². The van der Waals surface area contributed by atoms with Gasteiger partial charge in [-0.15, -0.1) is 0 Å². The maximum absolute atomic E-state index is 7.45. The molecule has 1 aromatic rings. The van der Waals surface area contributed by atoms with E-state index in [1.54, 1.807) is 12.4 Å². The van der Waals surface area contributed by atoms with E-state index in [2.05, 4.69) is 4.98 Å². The van der Waals surface area contributed by atoms with Gasteiger partial charge in [0.2, 0.25) is 0 Å². The third-order valence-corrected chi connectivity index (χ3v) is 1.38. The fraction of sp³-hybridized carbons (Fsp3) is 0.250. The van der Waals surface area contributed by atoms with Gasteiger partial charge in [-0.2, -0.15) is 0 Å². The first-order chi connectivity index (χ1) is 4.84. The molecule has 0 radical (unpaired) electrons. The number of rotatable bonds is 2. The van der Waals surface area contributed by atoms with Gasteiger partial charge in [-0.25, -0.2) is 0 Å². The number of aromatic nitrogens is 1. The minimum atomic E-state index is 0.669. The van der Waals surface area contributed by atoms with Gasteiger partial charge in [0.1, 0.15) is 0 Å². The summed E-state index contributed by atoms with van der Waals surface area (Å²) in [5, 5.41) is 7.45. The molecule has 0 unspecified atom stereocenters. The first kappa shape index (κ1) is 6.93. The second kappa shape index (κ2) is 3.11. The summed E-state index contributed by atoms with van der Waals surface area (Å²) in [5.41, 5.74) is 1.64. The number of hydrogen-bond donors (Lipinski definition) is 1. The molecule has 0 atom stereocenters. The molecule has 0 saturated heterocycles. The number of hydrogen-bond acceptors (Lipinski definition) is 2. The molecule has 1 rings (SSSR count). The highest BCUT2D eigenvalue weighted by atomic mass is 14.6. The molecular formula is C8H10N2. The van der Waals surface area contributed by atoms with Crippen molar-refractivity contribution in [1.29, 1.82) is 5.41 Å². The van der Waals surface area contributed by atoms with Crippen LogP contribution in [0.5, 0.6) is 0 Å². The van der Waals surface area contributed by atoms with E-state index in [0.29, 0.717) is 5.71 Å². The quantitative estimate of drug-likeness (QED) is 0.616. The maximum Gasteiger partial charge on any atom is 0.0384 e. The molecule has 1 N–H and O–H groups in total. The Morgan fingerprint density at radius 1 is 1.50 bits per heavy atom. The second-order valence-corrected chi connectivity index (χ2v) is 2.07. The third kappa shape index (κ3) is 1.41. The zero-order chi connectivity index (χ0) is 7.40. The molecule has 0 aromatic carbocycles. The standard InChI is InChI=1S/C8H10N2/c1-2-8(9)7-3-5-10-6-4-7/h3-6,9H,2H2,1H3. The highest BCUT2D eigenvalue weighted by molar-refractivity contribution is 5.97. The van der Waals surface area contributed by atoms with Crippen molar-refractivity contribution >= 4 is 5.71 Å². The van der Waals surface area contributed by atoms with Crippen molar-refractivity contribution in [3.8, 4) is 0 Å². The Bertz CT molecular complexity index is 216. The van der Waals surface area contributed by atoms with Gasteiger partial charge < -0.3 is 5.41 Å². The molecule has 0 aliphatic carbocycles. The van der Waals surface area contributed by atoms with Crippen molar-refractivity contribution in [1.82, 2.24) is 4.98 Å². The molecule has 0 amide bonds. The summed E-state index contributed by atoms with van der Waals surface area (Å²) in [4.78, 5) is 3.87. The van der Waals surface area contributed by atoms with E-state index >= 15 is 0 Å². The molecule has 2 nitrogen and oxygen atoms in total. The zero-order valence-corrected chi connectivity index (χ0v) is 5.96. The molecule has 2 heteroatoms. The lowest BCUT2D eigenvalue weighted by atomic mass is 10.1. The smallest absolute Gasteiger partial charge is 0.0384 e. The van der Waals surface area contributed by atoms with Crippen LogP contribution in [0, 0.1) is 5.41 Å². The van der Waals surface area contributed by atoms with E-state index in [-0.39, 0.29) is 0 Å². The minimum absolute atomic E-state index is 0.669. The summed E-state index contributed by atoms with van der Waals surface area (Å²) in [7, 11) is 0. The van der Waals surface area contributed by atoms with Gasteiger partial charge in [-0.1, -0.05) is 6.92 Å². The molecule has 0 aliphatic heterocycles. The number of nitrogens with one attached hydrogen (secondary N) is 1. The van der Waals surface area contributed by atoms with E-state index in [0.717, 1.165) is 12.0 Å². The van der Waals surface area contributed by atoms with Crippen molar-refractivity contribution in [2.75, 3.05) is 0 Å². The van der Waals surface area contributed by atoms with Crippen molar-refractivity contribution in [3.63, 3.8) is 0 Å². The lowest BCUT2D eigenvalue weighted by Crippen LogP contribution is -1.95. The van der Waals surface area contributed by atoms with Gasteiger partial charge in [0, 0.05) is 18.1 Å². The van der Waals surface area contributed by atoms with Crippen LogP contribution in [0.1, 0.15) is 18.9 Å². The van der Waals surface area contributed by atoms with Crippen LogP contribution in [0.25, 0.3) is 0 Å². The SMILES string of the molecule is CCC(=N)c1ccncc1. The van der Waals surface area contributed by atoms with Gasteiger partial charge in [0.15, 0.2) is 0 Å². The topological polar surface area (TPSA) is 36.7 Å². The summed E-state index contributed by atoms with van der Waals surface area (Å²) in [5.74, 6) is 0. The second-order valence-electron chi connectivity index (χ2n) is 2.07. The van der Waals surface area contributed by atoms with Crippen LogP contribution >= 0.6 is 0 Å². The predicted molar refractivity (Wildman–Crippen MR) is 41.4 cm³/mol. The lowest BCUT2D eigenvalue weighted by Gasteiger charge is -1.96. The number of nitrogens with zero attached hydrogens (tertiary/aromatic N) is 1. The fourth-order valence-electron chi connectivity index (χ4n) is 0.757. The van der Waals surface area contributed by atoms with Crippen molar-refractivity contribution < 1.29 is 0 Å². The van der Waals surface area contributed by atoms with E-state index in [9.17, 15) is 0 Å². The van der Waals surface area contributed by atoms with Crippen LogP contribution in [-0.2, 0) is 0 Å². The van der Waals surface area contributed by atoms with Crippen molar-refractivity contribution in [3.05, 3.63) is 30.1 Å². The van der Waals surface area contributed by atoms with Crippen LogP contribution in [0.3, 0.4) is 0 Å². The Kier molecular flexibility index (Phi) is 2.15. The van der Waals surface area contributed by atoms with E-state index in [1.165, 1.54) is 0 Å². The minimum Gasteiger partial charge on any atom is -0.305 e. The van der Waals surface area contributed by atoms with E-state index < -0.39 is 0 Å². The molecular weight excluding hydrogens is 124 g/mol. The zero-order valence-electron chi connectivity index (χ0n) is 5.96. The highest BCUT2D eigenvalue weighted by Gasteiger charge is 1.94. The Morgan fingerprint density at radius 3 is 2.60 bits per heavy atom. The first-order valence-electron chi connectivity index (χ1n) is 3.32. The van der Waals surface area contributed by atoms with Crippen LogP contribution in [-0.4, -0.2) is 10.7 Å². The van der Waals surface area contributed by atoms with Crippen molar-refractivity contribution in [2.45, 2.75) is 13.3 Å². The Balaban J connectivity index is 2.85. The summed E-state index contributed by atoms with van der Waals surface area (Å²) < 4.78 is 0. The molecule has 0 spiro atoms. The Labute approximate surface area is 60.4 Å². The molecule has 52 valence electrons. The number of pyridine rings is 1. The van der Waals surface area contributed by atoms with Crippen LogP contribution in [0.15, 0.2) is 24.5 Å². The molecule has 1 aromatic heterocycles. The third-order valence-electron chi connectivity index (χ3n) is 1.38. The largest absolute Gasteiger partial charge is 0.305 e. The highest BCUT2D eigenvalue weighted by Crippen LogP contribution is 1.99. The Hall–Kier alpha value is -1.18. The molecule has 1 heterocycles. The monoisotopic (exact) mass is 134 g/mol. The van der Waals surface area contributed by atoms with Gasteiger partial charge in [0.25, 0.3) is 0 Å². The molecule has 0 bridgehead atoms. The Morgan fingerprint density at radius 2 is 2.10 bits per heavy atom. The van der Waals surface area contributed by atoms with Gasteiger partial charge in [-0.05, 0) is 24.1 Å². The van der Waals surface area contributed by atoms with Gasteiger partial charge >= 0.3 is 0 Å². The van der Waals surface area contributed by atoms with Crippen LogP contribution < -0.4 is 0 Å². The normalized spacial score (nSPS) is 9.30.